The number of carbonyl (C=O) groups excluding carboxylic acids is 1. The Bertz CT molecular complexity index is 992. The minimum Gasteiger partial charge on any atom is -0.493 e. The smallest absolute Gasteiger partial charge is 0.257 e. The second-order valence-electron chi connectivity index (χ2n) is 6.83. The number of H-pyrrole nitrogens is 1. The summed E-state index contributed by atoms with van der Waals surface area (Å²) in [6, 6.07) is 10.8. The van der Waals surface area contributed by atoms with E-state index in [2.05, 4.69) is 15.5 Å². The Hall–Kier alpha value is -3.22. The van der Waals surface area contributed by atoms with Gasteiger partial charge < -0.3 is 19.5 Å². The molecule has 1 saturated carbocycles. The molecule has 7 heteroatoms. The summed E-state index contributed by atoms with van der Waals surface area (Å²) < 4.78 is 16.5. The lowest BCUT2D eigenvalue weighted by Gasteiger charge is -2.12. The van der Waals surface area contributed by atoms with Gasteiger partial charge in [-0.15, -0.1) is 0 Å². The molecule has 0 aliphatic heterocycles. The Labute approximate surface area is 163 Å². The number of amides is 1. The van der Waals surface area contributed by atoms with Crippen LogP contribution in [0.5, 0.6) is 17.2 Å². The number of ether oxygens (including phenoxy) is 3. The van der Waals surface area contributed by atoms with Crippen molar-refractivity contribution in [2.24, 2.45) is 0 Å². The first kappa shape index (κ1) is 18.2. The lowest BCUT2D eigenvalue weighted by molar-refractivity contribution is 0.102. The summed E-state index contributed by atoms with van der Waals surface area (Å²) in [5.74, 6) is 2.08. The van der Waals surface area contributed by atoms with Gasteiger partial charge in [-0.25, -0.2) is 0 Å². The normalized spacial score (nSPS) is 14.2. The molecule has 0 atom stereocenters. The van der Waals surface area contributed by atoms with Gasteiger partial charge in [-0.3, -0.25) is 9.89 Å². The molecular formula is C21H23N3O4. The monoisotopic (exact) mass is 381 g/mol. The molecule has 0 saturated heterocycles. The van der Waals surface area contributed by atoms with Crippen LogP contribution in [-0.4, -0.2) is 36.4 Å². The van der Waals surface area contributed by atoms with E-state index in [1.807, 2.05) is 18.2 Å². The topological polar surface area (TPSA) is 85.5 Å². The molecule has 1 fully saturated rings. The number of hydrogen-bond acceptors (Lipinski definition) is 5. The Morgan fingerprint density at radius 1 is 1.07 bits per heavy atom. The molecule has 28 heavy (non-hydrogen) atoms. The van der Waals surface area contributed by atoms with Crippen LogP contribution < -0.4 is 19.5 Å². The third kappa shape index (κ3) is 3.60. The van der Waals surface area contributed by atoms with E-state index >= 15 is 0 Å². The molecule has 1 aromatic heterocycles. The summed E-state index contributed by atoms with van der Waals surface area (Å²) in [5.41, 5.74) is 1.27. The van der Waals surface area contributed by atoms with Crippen LogP contribution in [0.25, 0.3) is 10.9 Å². The Balaban J connectivity index is 1.52. The molecule has 2 aromatic carbocycles. The van der Waals surface area contributed by atoms with Crippen LogP contribution >= 0.6 is 0 Å². The molecule has 4 rings (SSSR count). The van der Waals surface area contributed by atoms with Crippen molar-refractivity contribution in [3.8, 4) is 17.2 Å². The van der Waals surface area contributed by atoms with Crippen LogP contribution in [0.2, 0.25) is 0 Å². The van der Waals surface area contributed by atoms with Crippen molar-refractivity contribution in [1.82, 2.24) is 10.2 Å². The van der Waals surface area contributed by atoms with Crippen LogP contribution in [-0.2, 0) is 0 Å². The molecule has 3 aromatic rings. The quantitative estimate of drug-likeness (QED) is 0.670. The van der Waals surface area contributed by atoms with Crippen LogP contribution in [0.1, 0.15) is 36.0 Å². The maximum absolute atomic E-state index is 12.6. The van der Waals surface area contributed by atoms with E-state index in [4.69, 9.17) is 14.2 Å². The third-order valence-electron chi connectivity index (χ3n) is 5.02. The van der Waals surface area contributed by atoms with E-state index in [1.165, 1.54) is 20.0 Å². The number of aromatic amines is 1. The summed E-state index contributed by atoms with van der Waals surface area (Å²) in [6.45, 7) is 0. The van der Waals surface area contributed by atoms with Gasteiger partial charge in [-0.2, -0.15) is 5.10 Å². The van der Waals surface area contributed by atoms with Crippen molar-refractivity contribution in [3.63, 3.8) is 0 Å². The zero-order valence-electron chi connectivity index (χ0n) is 16.0. The van der Waals surface area contributed by atoms with E-state index < -0.39 is 0 Å². The molecule has 0 spiro atoms. The van der Waals surface area contributed by atoms with E-state index in [1.54, 1.807) is 25.3 Å². The van der Waals surface area contributed by atoms with Crippen molar-refractivity contribution in [3.05, 3.63) is 42.0 Å². The van der Waals surface area contributed by atoms with Crippen molar-refractivity contribution < 1.29 is 19.0 Å². The molecule has 1 aliphatic carbocycles. The van der Waals surface area contributed by atoms with Gasteiger partial charge in [-0.1, -0.05) is 0 Å². The third-order valence-corrected chi connectivity index (χ3v) is 5.02. The van der Waals surface area contributed by atoms with Gasteiger partial charge in [0.15, 0.2) is 17.3 Å². The largest absolute Gasteiger partial charge is 0.493 e. The molecule has 1 amide bonds. The van der Waals surface area contributed by atoms with Gasteiger partial charge in [0.05, 0.1) is 25.8 Å². The fourth-order valence-electron chi connectivity index (χ4n) is 3.52. The van der Waals surface area contributed by atoms with Crippen molar-refractivity contribution in [2.45, 2.75) is 31.8 Å². The van der Waals surface area contributed by atoms with Crippen molar-refractivity contribution >= 4 is 22.6 Å². The van der Waals surface area contributed by atoms with Gasteiger partial charge in [0.2, 0.25) is 0 Å². The molecule has 0 unspecified atom stereocenters. The van der Waals surface area contributed by atoms with Gasteiger partial charge >= 0.3 is 0 Å². The first-order valence-corrected chi connectivity index (χ1v) is 9.36. The molecule has 7 nitrogen and oxygen atoms in total. The second-order valence-corrected chi connectivity index (χ2v) is 6.83. The highest BCUT2D eigenvalue weighted by Gasteiger charge is 2.18. The highest BCUT2D eigenvalue weighted by molar-refractivity contribution is 6.08. The first-order valence-electron chi connectivity index (χ1n) is 9.36. The number of fused-ring (bicyclic) bond motifs is 1. The standard InChI is InChI=1S/C21H23N3O4/c1-26-18-10-7-13(11-19(18)27-2)21(25)22-20-16-9-8-15(12-17(16)23-24-20)28-14-5-3-4-6-14/h7-12,14H,3-6H2,1-2H3,(H2,22,23,24,25). The maximum atomic E-state index is 12.6. The van der Waals surface area contributed by atoms with Crippen LogP contribution in [0.4, 0.5) is 5.82 Å². The molecule has 1 aliphatic rings. The molecule has 2 N–H and O–H groups in total. The number of methoxy groups -OCH3 is 2. The summed E-state index contributed by atoms with van der Waals surface area (Å²) in [6.07, 6.45) is 4.96. The fourth-order valence-corrected chi connectivity index (χ4v) is 3.52. The number of rotatable bonds is 6. The summed E-state index contributed by atoms with van der Waals surface area (Å²) in [7, 11) is 3.09. The van der Waals surface area contributed by atoms with E-state index in [-0.39, 0.29) is 5.91 Å². The number of nitrogens with one attached hydrogen (secondary N) is 2. The van der Waals surface area contributed by atoms with Gasteiger partial charge in [-0.05, 0) is 56.0 Å². The summed E-state index contributed by atoms with van der Waals surface area (Å²) in [5, 5.41) is 10.9. The zero-order valence-corrected chi connectivity index (χ0v) is 16.0. The fraction of sp³-hybridized carbons (Fsp3) is 0.333. The Morgan fingerprint density at radius 3 is 2.61 bits per heavy atom. The molecule has 146 valence electrons. The number of hydrogen-bond donors (Lipinski definition) is 2. The highest BCUT2D eigenvalue weighted by Crippen LogP contribution is 2.30. The number of anilines is 1. The van der Waals surface area contributed by atoms with Crippen molar-refractivity contribution in [1.29, 1.82) is 0 Å². The summed E-state index contributed by atoms with van der Waals surface area (Å²) in [4.78, 5) is 12.6. The van der Waals surface area contributed by atoms with Crippen LogP contribution in [0.3, 0.4) is 0 Å². The number of benzene rings is 2. The Kier molecular flexibility index (Phi) is 5.06. The van der Waals surface area contributed by atoms with Gasteiger partial charge in [0.1, 0.15) is 5.75 Å². The Morgan fingerprint density at radius 2 is 1.86 bits per heavy atom. The minimum absolute atomic E-state index is 0.277. The van der Waals surface area contributed by atoms with E-state index in [0.29, 0.717) is 29.0 Å². The predicted octanol–water partition coefficient (Wildman–Crippen LogP) is 4.15. The van der Waals surface area contributed by atoms with Crippen LogP contribution in [0, 0.1) is 0 Å². The molecule has 1 heterocycles. The van der Waals surface area contributed by atoms with E-state index in [9.17, 15) is 4.79 Å². The lowest BCUT2D eigenvalue weighted by atomic mass is 10.2. The molecular weight excluding hydrogens is 358 g/mol. The molecule has 0 radical (unpaired) electrons. The number of aromatic nitrogens is 2. The SMILES string of the molecule is COc1ccc(C(=O)Nc2n[nH]c3cc(OC4CCCC4)ccc23)cc1OC. The summed E-state index contributed by atoms with van der Waals surface area (Å²) >= 11 is 0. The first-order chi connectivity index (χ1) is 13.7. The second kappa shape index (κ2) is 7.80. The van der Waals surface area contributed by atoms with Gasteiger partial charge in [0, 0.05) is 17.0 Å². The average Bonchev–Trinajstić information content (AvgIpc) is 3.37. The predicted molar refractivity (Wildman–Crippen MR) is 106 cm³/mol. The number of nitrogens with zero attached hydrogens (tertiary/aromatic N) is 1. The zero-order chi connectivity index (χ0) is 19.5. The average molecular weight is 381 g/mol. The minimum atomic E-state index is -0.277. The molecule has 0 bridgehead atoms. The van der Waals surface area contributed by atoms with Gasteiger partial charge in [0.25, 0.3) is 5.91 Å². The van der Waals surface area contributed by atoms with Crippen LogP contribution in [0.15, 0.2) is 36.4 Å². The highest BCUT2D eigenvalue weighted by atomic mass is 16.5. The lowest BCUT2D eigenvalue weighted by Crippen LogP contribution is -2.12. The van der Waals surface area contributed by atoms with E-state index in [0.717, 1.165) is 29.5 Å². The number of carbonyl (C=O) groups is 1. The van der Waals surface area contributed by atoms with Crippen molar-refractivity contribution in [2.75, 3.05) is 19.5 Å². The maximum Gasteiger partial charge on any atom is 0.257 e.